The average molecular weight is 169 g/mol. The lowest BCUT2D eigenvalue weighted by Crippen LogP contribution is -2.21. The number of aromatic nitrogens is 1. The first-order valence-corrected chi connectivity index (χ1v) is 4.06. The minimum atomic E-state index is -0.646. The van der Waals surface area contributed by atoms with Crippen molar-refractivity contribution in [2.45, 2.75) is 25.9 Å². The van der Waals surface area contributed by atoms with Crippen LogP contribution in [0.3, 0.4) is 0 Å². The number of aromatic amines is 1. The molecule has 0 unspecified atom stereocenters. The molecule has 1 heterocycles. The van der Waals surface area contributed by atoms with Crippen LogP contribution in [-0.2, 0) is 0 Å². The number of nitrogens with one attached hydrogen (secondary N) is 1. The molecule has 0 spiro atoms. The molecule has 0 aliphatic carbocycles. The fourth-order valence-corrected chi connectivity index (χ4v) is 0.814. The maximum absolute atomic E-state index is 9.36. The van der Waals surface area contributed by atoms with Crippen molar-refractivity contribution in [2.75, 3.05) is 6.61 Å². The van der Waals surface area contributed by atoms with Crippen molar-refractivity contribution in [3.8, 4) is 5.88 Å². The second-order valence-corrected chi connectivity index (χ2v) is 3.45. The molecule has 1 rings (SSSR count). The summed E-state index contributed by atoms with van der Waals surface area (Å²) in [5, 5.41) is 9.36. The topological polar surface area (TPSA) is 45.2 Å². The van der Waals surface area contributed by atoms with Gasteiger partial charge in [-0.15, -0.1) is 0 Å². The molecule has 0 aliphatic rings. The van der Waals surface area contributed by atoms with Gasteiger partial charge in [-0.25, -0.2) is 0 Å². The number of H-pyrrole nitrogens is 1. The molecule has 0 fully saturated rings. The van der Waals surface area contributed by atoms with Crippen LogP contribution in [0.25, 0.3) is 0 Å². The molecule has 0 aromatic carbocycles. The third kappa shape index (κ3) is 3.44. The normalized spacial score (nSPS) is 11.6. The summed E-state index contributed by atoms with van der Waals surface area (Å²) >= 11 is 0. The van der Waals surface area contributed by atoms with E-state index in [1.165, 1.54) is 0 Å². The second kappa shape index (κ2) is 3.63. The Bertz CT molecular complexity index is 211. The first-order valence-electron chi connectivity index (χ1n) is 4.06. The summed E-state index contributed by atoms with van der Waals surface area (Å²) in [7, 11) is 0. The van der Waals surface area contributed by atoms with Crippen LogP contribution in [0, 0.1) is 0 Å². The predicted octanol–water partition coefficient (Wildman–Crippen LogP) is 1.55. The van der Waals surface area contributed by atoms with Crippen molar-refractivity contribution in [3.63, 3.8) is 0 Å². The lowest BCUT2D eigenvalue weighted by atomic mass is 10.1. The molecule has 1 aromatic heterocycles. The zero-order valence-electron chi connectivity index (χ0n) is 7.50. The Kier molecular flexibility index (Phi) is 2.76. The minimum Gasteiger partial charge on any atom is -0.479 e. The van der Waals surface area contributed by atoms with Crippen molar-refractivity contribution in [1.29, 1.82) is 0 Å². The summed E-state index contributed by atoms with van der Waals surface area (Å²) in [5.74, 6) is 0.749. The van der Waals surface area contributed by atoms with Gasteiger partial charge in [-0.05, 0) is 26.0 Å². The van der Waals surface area contributed by atoms with E-state index in [2.05, 4.69) is 4.98 Å². The lowest BCUT2D eigenvalue weighted by Gasteiger charge is -2.16. The van der Waals surface area contributed by atoms with Gasteiger partial charge in [0.15, 0.2) is 5.88 Å². The highest BCUT2D eigenvalue weighted by molar-refractivity contribution is 5.09. The second-order valence-electron chi connectivity index (χ2n) is 3.45. The fraction of sp³-hybridized carbons (Fsp3) is 0.556. The summed E-state index contributed by atoms with van der Waals surface area (Å²) in [6.45, 7) is 4.07. The van der Waals surface area contributed by atoms with Gasteiger partial charge >= 0.3 is 0 Å². The summed E-state index contributed by atoms with van der Waals surface area (Å²) in [6.07, 6.45) is 2.44. The van der Waals surface area contributed by atoms with Crippen molar-refractivity contribution in [1.82, 2.24) is 4.98 Å². The van der Waals surface area contributed by atoms with Crippen molar-refractivity contribution in [2.24, 2.45) is 0 Å². The van der Waals surface area contributed by atoms with E-state index in [-0.39, 0.29) is 0 Å². The van der Waals surface area contributed by atoms with Gasteiger partial charge in [0.1, 0.15) is 0 Å². The zero-order valence-corrected chi connectivity index (χ0v) is 7.50. The maximum Gasteiger partial charge on any atom is 0.190 e. The molecule has 3 heteroatoms. The molecule has 0 saturated carbocycles. The molecule has 12 heavy (non-hydrogen) atoms. The number of rotatable bonds is 4. The Morgan fingerprint density at radius 1 is 1.58 bits per heavy atom. The monoisotopic (exact) mass is 169 g/mol. The van der Waals surface area contributed by atoms with Gasteiger partial charge in [-0.1, -0.05) is 0 Å². The van der Waals surface area contributed by atoms with Gasteiger partial charge in [0.05, 0.1) is 12.2 Å². The standard InChI is InChI=1S/C9H15NO2/c1-9(2,11)5-7-12-8-4-3-6-10-8/h3-4,6,10-11H,5,7H2,1-2H3. The lowest BCUT2D eigenvalue weighted by molar-refractivity contribution is 0.0548. The van der Waals surface area contributed by atoms with Gasteiger partial charge in [-0.3, -0.25) is 0 Å². The highest BCUT2D eigenvalue weighted by Gasteiger charge is 2.11. The molecule has 0 aliphatic heterocycles. The van der Waals surface area contributed by atoms with Gasteiger partial charge in [0, 0.05) is 12.6 Å². The van der Waals surface area contributed by atoms with Crippen LogP contribution >= 0.6 is 0 Å². The molecule has 2 N–H and O–H groups in total. The van der Waals surface area contributed by atoms with E-state index in [1.54, 1.807) is 20.0 Å². The van der Waals surface area contributed by atoms with Crippen LogP contribution in [0.15, 0.2) is 18.3 Å². The maximum atomic E-state index is 9.36. The first kappa shape index (κ1) is 9.13. The molecule has 0 radical (unpaired) electrons. The van der Waals surface area contributed by atoms with Crippen LogP contribution in [0.4, 0.5) is 0 Å². The van der Waals surface area contributed by atoms with Gasteiger partial charge in [0.25, 0.3) is 0 Å². The number of hydrogen-bond donors (Lipinski definition) is 2. The fourth-order valence-electron chi connectivity index (χ4n) is 0.814. The summed E-state index contributed by atoms with van der Waals surface area (Å²) in [5.41, 5.74) is -0.646. The van der Waals surface area contributed by atoms with E-state index in [1.807, 2.05) is 12.1 Å². The molecule has 68 valence electrons. The van der Waals surface area contributed by atoms with Gasteiger partial charge in [0.2, 0.25) is 0 Å². The first-order chi connectivity index (χ1) is 5.58. The molecular weight excluding hydrogens is 154 g/mol. The van der Waals surface area contributed by atoms with Crippen LogP contribution in [0.5, 0.6) is 5.88 Å². The SMILES string of the molecule is CC(C)(O)CCOc1ccc[nH]1. The molecule has 3 nitrogen and oxygen atoms in total. The van der Waals surface area contributed by atoms with Crippen LogP contribution in [0.2, 0.25) is 0 Å². The minimum absolute atomic E-state index is 0.532. The van der Waals surface area contributed by atoms with Crippen molar-refractivity contribution < 1.29 is 9.84 Å². The van der Waals surface area contributed by atoms with Crippen LogP contribution in [-0.4, -0.2) is 22.3 Å². The van der Waals surface area contributed by atoms with E-state index in [9.17, 15) is 5.11 Å². The molecule has 1 aromatic rings. The van der Waals surface area contributed by atoms with E-state index in [4.69, 9.17) is 4.74 Å². The Morgan fingerprint density at radius 2 is 2.33 bits per heavy atom. The zero-order chi connectivity index (χ0) is 9.03. The third-order valence-electron chi connectivity index (χ3n) is 1.54. The Balaban J connectivity index is 2.20. The number of aliphatic hydroxyl groups is 1. The van der Waals surface area contributed by atoms with E-state index in [0.717, 1.165) is 5.88 Å². The molecule has 0 saturated heterocycles. The Labute approximate surface area is 72.4 Å². The van der Waals surface area contributed by atoms with Gasteiger partial charge < -0.3 is 14.8 Å². The van der Waals surface area contributed by atoms with Crippen molar-refractivity contribution in [3.05, 3.63) is 18.3 Å². The molecule has 0 atom stereocenters. The van der Waals surface area contributed by atoms with Gasteiger partial charge in [-0.2, -0.15) is 0 Å². The number of hydrogen-bond acceptors (Lipinski definition) is 2. The quantitative estimate of drug-likeness (QED) is 0.718. The third-order valence-corrected chi connectivity index (χ3v) is 1.54. The smallest absolute Gasteiger partial charge is 0.190 e. The molecule has 0 amide bonds. The van der Waals surface area contributed by atoms with Crippen LogP contribution < -0.4 is 4.74 Å². The summed E-state index contributed by atoms with van der Waals surface area (Å²) < 4.78 is 5.31. The molecule has 0 bridgehead atoms. The highest BCUT2D eigenvalue weighted by atomic mass is 16.5. The van der Waals surface area contributed by atoms with Crippen LogP contribution in [0.1, 0.15) is 20.3 Å². The molecular formula is C9H15NO2. The Hall–Kier alpha value is -0.960. The summed E-state index contributed by atoms with van der Waals surface area (Å²) in [4.78, 5) is 2.92. The van der Waals surface area contributed by atoms with E-state index < -0.39 is 5.60 Å². The van der Waals surface area contributed by atoms with E-state index >= 15 is 0 Å². The number of ether oxygens (including phenoxy) is 1. The Morgan fingerprint density at radius 3 is 2.83 bits per heavy atom. The predicted molar refractivity (Wildman–Crippen MR) is 47.2 cm³/mol. The van der Waals surface area contributed by atoms with Crippen molar-refractivity contribution >= 4 is 0 Å². The van der Waals surface area contributed by atoms with E-state index in [0.29, 0.717) is 13.0 Å². The summed E-state index contributed by atoms with van der Waals surface area (Å²) in [6, 6.07) is 3.73. The highest BCUT2D eigenvalue weighted by Crippen LogP contribution is 2.09. The largest absolute Gasteiger partial charge is 0.479 e. The average Bonchev–Trinajstić information content (AvgIpc) is 2.36.